The van der Waals surface area contributed by atoms with Crippen molar-refractivity contribution in [3.8, 4) is 22.7 Å². The summed E-state index contributed by atoms with van der Waals surface area (Å²) >= 11 is 0. The Bertz CT molecular complexity index is 1250. The second-order valence-corrected chi connectivity index (χ2v) is 8.34. The zero-order chi connectivity index (χ0) is 27.9. The van der Waals surface area contributed by atoms with E-state index in [1.165, 1.54) is 25.3 Å². The van der Waals surface area contributed by atoms with Gasteiger partial charge in [-0.1, -0.05) is 24.3 Å². The Balaban J connectivity index is 1.77. The van der Waals surface area contributed by atoms with Crippen LogP contribution in [-0.2, 0) is 36.5 Å². The minimum Gasteiger partial charge on any atom is -0.464 e. The quantitative estimate of drug-likeness (QED) is 0.290. The van der Waals surface area contributed by atoms with Gasteiger partial charge in [0.2, 0.25) is 17.3 Å². The number of hydrogen-bond acceptors (Lipinski definition) is 7. The summed E-state index contributed by atoms with van der Waals surface area (Å²) in [4.78, 5) is 41.7. The maximum absolute atomic E-state index is 12.8. The Hall–Kier alpha value is -4.15. The lowest BCUT2D eigenvalue weighted by molar-refractivity contribution is -0.168. The van der Waals surface area contributed by atoms with Gasteiger partial charge in [0.1, 0.15) is 12.0 Å². The number of alkyl halides is 3. The van der Waals surface area contributed by atoms with Crippen molar-refractivity contribution in [2.24, 2.45) is 0 Å². The summed E-state index contributed by atoms with van der Waals surface area (Å²) in [5, 5.41) is 2.43. The minimum absolute atomic E-state index is 0.0143. The van der Waals surface area contributed by atoms with Crippen molar-refractivity contribution in [1.82, 2.24) is 10.3 Å². The Morgan fingerprint density at radius 3 is 1.95 bits per heavy atom. The zero-order valence-corrected chi connectivity index (χ0v) is 21.1. The number of aryl methyl sites for hydroxylation is 1. The Morgan fingerprint density at radius 2 is 1.45 bits per heavy atom. The highest BCUT2D eigenvalue weighted by molar-refractivity contribution is 6.07. The van der Waals surface area contributed by atoms with Crippen LogP contribution in [0.3, 0.4) is 0 Å². The number of ether oxygens (including phenoxy) is 2. The Labute approximate surface area is 217 Å². The summed E-state index contributed by atoms with van der Waals surface area (Å²) in [5.41, 5.74) is -0.454. The molecule has 3 rings (SSSR count). The molecule has 0 atom stereocenters. The van der Waals surface area contributed by atoms with Crippen LogP contribution in [0, 0.1) is 0 Å². The first kappa shape index (κ1) is 28.4. The van der Waals surface area contributed by atoms with Crippen LogP contribution in [-0.4, -0.2) is 41.6 Å². The number of halogens is 3. The van der Waals surface area contributed by atoms with Gasteiger partial charge in [-0.15, -0.1) is 0 Å². The number of nitrogens with one attached hydrogen (secondary N) is 1. The van der Waals surface area contributed by atoms with Crippen molar-refractivity contribution in [2.45, 2.75) is 45.3 Å². The predicted octanol–water partition coefficient (Wildman–Crippen LogP) is 4.96. The fourth-order valence-corrected chi connectivity index (χ4v) is 3.78. The predicted molar refractivity (Wildman–Crippen MR) is 131 cm³/mol. The molecule has 8 nitrogen and oxygen atoms in total. The van der Waals surface area contributed by atoms with E-state index in [4.69, 9.17) is 13.9 Å². The van der Waals surface area contributed by atoms with Crippen LogP contribution < -0.4 is 5.32 Å². The smallest absolute Gasteiger partial charge is 0.416 e. The van der Waals surface area contributed by atoms with Crippen LogP contribution in [0.25, 0.3) is 22.7 Å². The molecular weight excluding hydrogens is 505 g/mol. The summed E-state index contributed by atoms with van der Waals surface area (Å²) in [5.74, 6) is -2.22. The van der Waals surface area contributed by atoms with E-state index in [1.807, 2.05) is 0 Å². The molecule has 38 heavy (non-hydrogen) atoms. The zero-order valence-electron chi connectivity index (χ0n) is 21.1. The summed E-state index contributed by atoms with van der Waals surface area (Å²) in [7, 11) is 0. The third-order valence-electron chi connectivity index (χ3n) is 5.64. The molecule has 3 aromatic rings. The molecule has 202 valence electrons. The number of carbonyl (C=O) groups is 3. The summed E-state index contributed by atoms with van der Waals surface area (Å²) in [6.07, 6.45) is -2.90. The second-order valence-electron chi connectivity index (χ2n) is 8.34. The van der Waals surface area contributed by atoms with Crippen molar-refractivity contribution >= 4 is 17.8 Å². The molecule has 1 N–H and O–H groups in total. The first-order chi connectivity index (χ1) is 18.0. The minimum atomic E-state index is -4.43. The van der Waals surface area contributed by atoms with Gasteiger partial charge in [-0.3, -0.25) is 4.79 Å². The van der Waals surface area contributed by atoms with Gasteiger partial charge in [0.05, 0.1) is 18.8 Å². The normalized spacial score (nSPS) is 11.6. The average Bonchev–Trinajstić information content (AvgIpc) is 3.37. The molecule has 0 unspecified atom stereocenters. The van der Waals surface area contributed by atoms with E-state index in [9.17, 15) is 27.6 Å². The van der Waals surface area contributed by atoms with Crippen LogP contribution in [0.5, 0.6) is 0 Å². The van der Waals surface area contributed by atoms with Gasteiger partial charge >= 0.3 is 18.1 Å². The third-order valence-corrected chi connectivity index (χ3v) is 5.64. The molecule has 0 aliphatic carbocycles. The van der Waals surface area contributed by atoms with Gasteiger partial charge in [-0.05, 0) is 56.5 Å². The van der Waals surface area contributed by atoms with Crippen molar-refractivity contribution in [3.63, 3.8) is 0 Å². The van der Waals surface area contributed by atoms with Crippen LogP contribution >= 0.6 is 0 Å². The number of aromatic nitrogens is 1. The number of benzene rings is 2. The van der Waals surface area contributed by atoms with Crippen molar-refractivity contribution < 1.29 is 41.4 Å². The number of nitrogens with zero attached hydrogens (tertiary/aromatic N) is 1. The fraction of sp³-hybridized carbons (Fsp3) is 0.333. The lowest BCUT2D eigenvalue weighted by Gasteiger charge is -2.29. The van der Waals surface area contributed by atoms with E-state index in [2.05, 4.69) is 10.3 Å². The molecular formula is C27H27F3N2O6. The van der Waals surface area contributed by atoms with Crippen molar-refractivity contribution in [1.29, 1.82) is 0 Å². The van der Waals surface area contributed by atoms with Crippen LogP contribution in [0.15, 0.2) is 59.2 Å². The van der Waals surface area contributed by atoms with Gasteiger partial charge < -0.3 is 19.2 Å². The monoisotopic (exact) mass is 532 g/mol. The molecule has 0 aliphatic heterocycles. The topological polar surface area (TPSA) is 108 Å². The van der Waals surface area contributed by atoms with Crippen LogP contribution in [0.1, 0.15) is 38.3 Å². The molecule has 11 heteroatoms. The van der Waals surface area contributed by atoms with Crippen molar-refractivity contribution in [3.05, 3.63) is 65.9 Å². The second kappa shape index (κ2) is 11.9. The van der Waals surface area contributed by atoms with Gasteiger partial charge in [0.15, 0.2) is 0 Å². The highest BCUT2D eigenvalue weighted by atomic mass is 19.4. The molecule has 0 bridgehead atoms. The first-order valence-electron chi connectivity index (χ1n) is 11.9. The molecule has 0 fully saturated rings. The SMILES string of the molecule is CCOC(=O)C(CCc1ccc(-c2coc(-c3ccc(C(F)(F)F)cc3)n2)cc1)(NC(C)=O)C(=O)OCC. The first-order valence-corrected chi connectivity index (χ1v) is 11.9. The fourth-order valence-electron chi connectivity index (χ4n) is 3.78. The van der Waals surface area contributed by atoms with E-state index < -0.39 is 35.1 Å². The molecule has 0 saturated heterocycles. The van der Waals surface area contributed by atoms with E-state index in [0.29, 0.717) is 16.8 Å². The average molecular weight is 533 g/mol. The van der Waals surface area contributed by atoms with E-state index in [-0.39, 0.29) is 31.9 Å². The highest BCUT2D eigenvalue weighted by Gasteiger charge is 2.49. The lowest BCUT2D eigenvalue weighted by atomic mass is 9.90. The number of oxazole rings is 1. The van der Waals surface area contributed by atoms with E-state index in [1.54, 1.807) is 38.1 Å². The number of rotatable bonds is 10. The molecule has 1 aromatic heterocycles. The van der Waals surface area contributed by atoms with E-state index >= 15 is 0 Å². The molecule has 2 aromatic carbocycles. The van der Waals surface area contributed by atoms with Gasteiger partial charge in [0.25, 0.3) is 0 Å². The van der Waals surface area contributed by atoms with Crippen LogP contribution in [0.4, 0.5) is 13.2 Å². The lowest BCUT2D eigenvalue weighted by Crippen LogP contribution is -2.61. The van der Waals surface area contributed by atoms with Gasteiger partial charge in [-0.2, -0.15) is 13.2 Å². The highest BCUT2D eigenvalue weighted by Crippen LogP contribution is 2.31. The third kappa shape index (κ3) is 6.58. The molecule has 1 heterocycles. The van der Waals surface area contributed by atoms with E-state index in [0.717, 1.165) is 17.7 Å². The summed E-state index contributed by atoms with van der Waals surface area (Å²) in [6, 6.07) is 11.5. The number of esters is 2. The van der Waals surface area contributed by atoms with Gasteiger partial charge in [-0.25, -0.2) is 14.6 Å². The maximum Gasteiger partial charge on any atom is 0.416 e. The molecule has 0 saturated carbocycles. The summed E-state index contributed by atoms with van der Waals surface area (Å²) in [6.45, 7) is 4.40. The molecule has 1 amide bonds. The Morgan fingerprint density at radius 1 is 0.895 bits per heavy atom. The molecule has 0 radical (unpaired) electrons. The molecule has 0 spiro atoms. The number of hydrogen-bond donors (Lipinski definition) is 1. The largest absolute Gasteiger partial charge is 0.464 e. The van der Waals surface area contributed by atoms with Crippen molar-refractivity contribution in [2.75, 3.05) is 13.2 Å². The standard InChI is InChI=1S/C27H27F3N2O6/c1-4-36-24(34)26(32-17(3)33,25(35)37-5-2)15-14-18-6-8-19(9-7-18)22-16-38-23(31-22)20-10-12-21(13-11-20)27(28,29)30/h6-13,16H,4-5,14-15H2,1-3H3,(H,32,33). The maximum atomic E-state index is 12.8. The van der Waals surface area contributed by atoms with Gasteiger partial charge in [0, 0.05) is 18.1 Å². The van der Waals surface area contributed by atoms with Crippen LogP contribution in [0.2, 0.25) is 0 Å². The molecule has 0 aliphatic rings. The Kier molecular flexibility index (Phi) is 8.92. The summed E-state index contributed by atoms with van der Waals surface area (Å²) < 4.78 is 54.0. The number of carbonyl (C=O) groups excluding carboxylic acids is 3. The number of amides is 1.